The summed E-state index contributed by atoms with van der Waals surface area (Å²) < 4.78 is 28.2. The van der Waals surface area contributed by atoms with E-state index >= 15 is 0 Å². The maximum atomic E-state index is 13.9. The summed E-state index contributed by atoms with van der Waals surface area (Å²) in [5.41, 5.74) is 2.91. The molecule has 2 atom stereocenters. The second-order valence-electron chi connectivity index (χ2n) is 8.09. The molecule has 5 nitrogen and oxygen atoms in total. The molecular weight excluding hydrogens is 427 g/mol. The van der Waals surface area contributed by atoms with Crippen LogP contribution in [0, 0.1) is 11.7 Å². The number of rotatable bonds is 9. The molecule has 1 aliphatic carbocycles. The number of methoxy groups -OCH3 is 1. The van der Waals surface area contributed by atoms with Crippen LogP contribution < -0.4 is 9.46 Å². The molecule has 0 radical (unpaired) electrons. The third kappa shape index (κ3) is 4.79. The highest BCUT2D eigenvalue weighted by Gasteiger charge is 2.45. The summed E-state index contributed by atoms with van der Waals surface area (Å²) in [6, 6.07) is 8.64. The van der Waals surface area contributed by atoms with Gasteiger partial charge in [-0.1, -0.05) is 32.1 Å². The van der Waals surface area contributed by atoms with E-state index in [4.69, 9.17) is 9.47 Å². The molecule has 2 aliphatic rings. The van der Waals surface area contributed by atoms with Gasteiger partial charge in [0, 0.05) is 17.4 Å². The summed E-state index contributed by atoms with van der Waals surface area (Å²) in [6.07, 6.45) is 5.09. The molecule has 1 aliphatic heterocycles. The van der Waals surface area contributed by atoms with Crippen molar-refractivity contribution in [2.24, 2.45) is 5.92 Å². The highest BCUT2D eigenvalue weighted by Crippen LogP contribution is 2.55. The summed E-state index contributed by atoms with van der Waals surface area (Å²) >= 11 is 1.34. The summed E-state index contributed by atoms with van der Waals surface area (Å²) in [5.74, 6) is 0.949. The van der Waals surface area contributed by atoms with Crippen LogP contribution in [0.15, 0.2) is 41.3 Å². The standard InChI is InChI=1S/C25H29FN2O3S/c1-4-28(5-2)12-6-7-16-13-18(26)8-11-22(16)32-27-21-10-9-19-20-14-17(20)15-31-24(19)23(21)25(29)30-3/h6-11,13,17,20,27H,4-5,12,14-15H2,1-3H3/b7-6-. The summed E-state index contributed by atoms with van der Waals surface area (Å²) in [4.78, 5) is 15.7. The van der Waals surface area contributed by atoms with Crippen LogP contribution in [-0.4, -0.2) is 44.2 Å². The van der Waals surface area contributed by atoms with Crippen molar-refractivity contribution in [1.29, 1.82) is 0 Å². The zero-order chi connectivity index (χ0) is 22.7. The molecule has 0 spiro atoms. The van der Waals surface area contributed by atoms with Gasteiger partial charge in [0.2, 0.25) is 0 Å². The zero-order valence-electron chi connectivity index (χ0n) is 18.7. The van der Waals surface area contributed by atoms with E-state index in [1.807, 2.05) is 24.3 Å². The van der Waals surface area contributed by atoms with Crippen LogP contribution in [0.4, 0.5) is 10.1 Å². The fraction of sp³-hybridized carbons (Fsp3) is 0.400. The largest absolute Gasteiger partial charge is 0.492 e. The normalized spacial score (nSPS) is 18.8. The van der Waals surface area contributed by atoms with Crippen LogP contribution in [0.1, 0.15) is 47.7 Å². The second kappa shape index (κ2) is 9.96. The van der Waals surface area contributed by atoms with Crippen molar-refractivity contribution in [3.63, 3.8) is 0 Å². The van der Waals surface area contributed by atoms with Gasteiger partial charge >= 0.3 is 5.97 Å². The molecule has 0 bridgehead atoms. The molecule has 7 heteroatoms. The van der Waals surface area contributed by atoms with Gasteiger partial charge in [-0.25, -0.2) is 9.18 Å². The van der Waals surface area contributed by atoms with Gasteiger partial charge in [-0.15, -0.1) is 0 Å². The maximum absolute atomic E-state index is 13.9. The average molecular weight is 457 g/mol. The Morgan fingerprint density at radius 3 is 2.88 bits per heavy atom. The monoisotopic (exact) mass is 456 g/mol. The Labute approximate surface area is 193 Å². The van der Waals surface area contributed by atoms with Crippen LogP contribution in [0.5, 0.6) is 5.75 Å². The minimum absolute atomic E-state index is 0.284. The number of nitrogens with one attached hydrogen (secondary N) is 1. The first kappa shape index (κ1) is 22.7. The molecule has 4 rings (SSSR count). The van der Waals surface area contributed by atoms with E-state index in [0.29, 0.717) is 35.4 Å². The quantitative estimate of drug-likeness (QED) is 0.393. The minimum atomic E-state index is -0.428. The van der Waals surface area contributed by atoms with E-state index in [0.717, 1.165) is 42.1 Å². The number of fused-ring (bicyclic) bond motifs is 3. The molecule has 2 aromatic carbocycles. The topological polar surface area (TPSA) is 50.8 Å². The number of hydrogen-bond acceptors (Lipinski definition) is 6. The molecule has 1 fully saturated rings. The predicted molar refractivity (Wildman–Crippen MR) is 127 cm³/mol. The van der Waals surface area contributed by atoms with Crippen molar-refractivity contribution in [2.75, 3.05) is 38.1 Å². The molecule has 0 amide bonds. The van der Waals surface area contributed by atoms with Gasteiger partial charge in [-0.2, -0.15) is 0 Å². The summed E-state index contributed by atoms with van der Waals surface area (Å²) in [5, 5.41) is 0. The van der Waals surface area contributed by atoms with Gasteiger partial charge in [-0.3, -0.25) is 0 Å². The van der Waals surface area contributed by atoms with Gasteiger partial charge in [0.05, 0.1) is 19.4 Å². The maximum Gasteiger partial charge on any atom is 0.343 e. The van der Waals surface area contributed by atoms with E-state index in [9.17, 15) is 9.18 Å². The highest BCUT2D eigenvalue weighted by atomic mass is 32.2. The number of carbonyl (C=O) groups excluding carboxylic acids is 1. The Hall–Kier alpha value is -2.51. The summed E-state index contributed by atoms with van der Waals surface area (Å²) in [7, 11) is 1.38. The van der Waals surface area contributed by atoms with E-state index in [2.05, 4.69) is 23.5 Å². The number of benzene rings is 2. The van der Waals surface area contributed by atoms with Crippen LogP contribution in [0.25, 0.3) is 6.08 Å². The Balaban J connectivity index is 1.56. The number of ether oxygens (including phenoxy) is 2. The summed E-state index contributed by atoms with van der Waals surface area (Å²) in [6.45, 7) is 7.61. The molecule has 32 heavy (non-hydrogen) atoms. The van der Waals surface area contributed by atoms with E-state index in [1.54, 1.807) is 6.07 Å². The van der Waals surface area contributed by atoms with Crippen LogP contribution in [-0.2, 0) is 4.74 Å². The van der Waals surface area contributed by atoms with Crippen molar-refractivity contribution < 1.29 is 18.7 Å². The molecular formula is C25H29FN2O3S. The van der Waals surface area contributed by atoms with Gasteiger partial charge in [0.15, 0.2) is 0 Å². The Morgan fingerprint density at radius 1 is 1.31 bits per heavy atom. The number of hydrogen-bond donors (Lipinski definition) is 1. The molecule has 1 N–H and O–H groups in total. The molecule has 1 heterocycles. The first-order valence-corrected chi connectivity index (χ1v) is 11.9. The number of halogens is 1. The lowest BCUT2D eigenvalue weighted by Gasteiger charge is -2.21. The highest BCUT2D eigenvalue weighted by molar-refractivity contribution is 8.00. The van der Waals surface area contributed by atoms with Gasteiger partial charge in [0.25, 0.3) is 0 Å². The third-order valence-corrected chi connectivity index (χ3v) is 7.05. The molecule has 170 valence electrons. The molecule has 2 aromatic rings. The van der Waals surface area contributed by atoms with Crippen molar-refractivity contribution in [2.45, 2.75) is 31.1 Å². The lowest BCUT2D eigenvalue weighted by atomic mass is 10.0. The molecule has 2 unspecified atom stereocenters. The van der Waals surface area contributed by atoms with Crippen molar-refractivity contribution in [3.05, 3.63) is 58.9 Å². The van der Waals surface area contributed by atoms with Crippen molar-refractivity contribution >= 4 is 29.7 Å². The number of likely N-dealkylation sites (N-methyl/N-ethyl adjacent to an activating group) is 1. The minimum Gasteiger partial charge on any atom is -0.492 e. The van der Waals surface area contributed by atoms with Gasteiger partial charge in [-0.05, 0) is 72.8 Å². The molecule has 0 aromatic heterocycles. The average Bonchev–Trinajstić information content (AvgIpc) is 3.60. The lowest BCUT2D eigenvalue weighted by molar-refractivity contribution is 0.0596. The van der Waals surface area contributed by atoms with Crippen LogP contribution in [0.2, 0.25) is 0 Å². The second-order valence-corrected chi connectivity index (χ2v) is 8.93. The van der Waals surface area contributed by atoms with Crippen molar-refractivity contribution in [1.82, 2.24) is 4.90 Å². The smallest absolute Gasteiger partial charge is 0.343 e. The SMILES string of the molecule is CCN(CC)C/C=C\c1cc(F)ccc1SNc1ccc2c(c1C(=O)OC)OCC1CC21. The van der Waals surface area contributed by atoms with Gasteiger partial charge < -0.3 is 19.1 Å². The predicted octanol–water partition coefficient (Wildman–Crippen LogP) is 5.58. The van der Waals surface area contributed by atoms with E-state index < -0.39 is 5.97 Å². The Kier molecular flexibility index (Phi) is 7.06. The van der Waals surface area contributed by atoms with Crippen molar-refractivity contribution in [3.8, 4) is 5.75 Å². The third-order valence-electron chi connectivity index (χ3n) is 6.14. The Bertz CT molecular complexity index is 1020. The fourth-order valence-corrected chi connectivity index (χ4v) is 4.87. The first-order valence-electron chi connectivity index (χ1n) is 11.0. The number of nitrogens with zero attached hydrogens (tertiary/aromatic N) is 1. The van der Waals surface area contributed by atoms with E-state index in [-0.39, 0.29) is 5.82 Å². The fourth-order valence-electron chi connectivity index (χ4n) is 4.10. The molecule has 1 saturated carbocycles. The molecule has 0 saturated heterocycles. The Morgan fingerprint density at radius 2 is 2.12 bits per heavy atom. The lowest BCUT2D eigenvalue weighted by Crippen LogP contribution is -2.22. The van der Waals surface area contributed by atoms with Crippen LogP contribution >= 0.6 is 11.9 Å². The van der Waals surface area contributed by atoms with E-state index in [1.165, 1.54) is 31.2 Å². The van der Waals surface area contributed by atoms with Crippen LogP contribution in [0.3, 0.4) is 0 Å². The number of esters is 1. The zero-order valence-corrected chi connectivity index (χ0v) is 19.5. The van der Waals surface area contributed by atoms with Gasteiger partial charge in [0.1, 0.15) is 17.1 Å². The first-order chi connectivity index (χ1) is 15.5. The number of anilines is 1. The number of carbonyl (C=O) groups is 1.